The summed E-state index contributed by atoms with van der Waals surface area (Å²) in [6, 6.07) is 14.1. The molecule has 9 nitrogen and oxygen atoms in total. The van der Waals surface area contributed by atoms with Gasteiger partial charge in [0.05, 0.1) is 19.9 Å². The highest BCUT2D eigenvalue weighted by Gasteiger charge is 2.34. The van der Waals surface area contributed by atoms with Crippen LogP contribution in [0, 0.1) is 0 Å². The third-order valence-corrected chi connectivity index (χ3v) is 7.69. The van der Waals surface area contributed by atoms with Crippen LogP contribution in [0.2, 0.25) is 0 Å². The first-order valence-electron chi connectivity index (χ1n) is 10.3. The van der Waals surface area contributed by atoms with Crippen molar-refractivity contribution in [1.82, 2.24) is 18.7 Å². The lowest BCUT2D eigenvalue weighted by molar-refractivity contribution is 0.309. The van der Waals surface area contributed by atoms with E-state index in [4.69, 9.17) is 9.47 Å². The largest absolute Gasteiger partial charge is 0.497 e. The molecule has 1 aromatic heterocycles. The molecule has 10 heteroatoms. The standard InChI is InChI=1S/C22H26N4O5S/c1-24-22(27)26(17-7-5-4-6-8-17)21(23-24)16-11-13-25(14-12-16)32(28,29)20-15-18(30-2)9-10-19(20)31-3/h4-10,15-16H,11-14H2,1-3H3. The Kier molecular flexibility index (Phi) is 6.07. The molecule has 0 atom stereocenters. The fourth-order valence-corrected chi connectivity index (χ4v) is 5.69. The zero-order valence-electron chi connectivity index (χ0n) is 18.3. The topological polar surface area (TPSA) is 95.7 Å². The van der Waals surface area contributed by atoms with Gasteiger partial charge in [0, 0.05) is 32.1 Å². The predicted octanol–water partition coefficient (Wildman–Crippen LogP) is 2.16. The van der Waals surface area contributed by atoms with E-state index in [1.807, 2.05) is 30.3 Å². The van der Waals surface area contributed by atoms with Crippen molar-refractivity contribution in [3.05, 3.63) is 64.8 Å². The lowest BCUT2D eigenvalue weighted by Gasteiger charge is -2.31. The molecule has 1 saturated heterocycles. The van der Waals surface area contributed by atoms with Gasteiger partial charge in [-0.2, -0.15) is 9.40 Å². The highest BCUT2D eigenvalue weighted by Crippen LogP contribution is 2.34. The number of piperidine rings is 1. The van der Waals surface area contributed by atoms with Gasteiger partial charge in [-0.3, -0.25) is 0 Å². The quantitative estimate of drug-likeness (QED) is 0.562. The second-order valence-corrected chi connectivity index (χ2v) is 9.54. The number of methoxy groups -OCH3 is 2. The number of benzene rings is 2. The number of aryl methyl sites for hydroxylation is 1. The third kappa shape index (κ3) is 3.91. The van der Waals surface area contributed by atoms with Crippen LogP contribution in [-0.4, -0.2) is 54.4 Å². The molecule has 2 aromatic carbocycles. The number of hydrogen-bond acceptors (Lipinski definition) is 6. The normalized spacial score (nSPS) is 15.6. The number of nitrogens with zero attached hydrogens (tertiary/aromatic N) is 4. The van der Waals surface area contributed by atoms with Gasteiger partial charge in [-0.25, -0.2) is 22.5 Å². The zero-order valence-corrected chi connectivity index (χ0v) is 19.1. The number of rotatable bonds is 6. The van der Waals surface area contributed by atoms with Crippen molar-refractivity contribution >= 4 is 10.0 Å². The van der Waals surface area contributed by atoms with Crippen molar-refractivity contribution < 1.29 is 17.9 Å². The summed E-state index contributed by atoms with van der Waals surface area (Å²) < 4.78 is 41.6. The van der Waals surface area contributed by atoms with E-state index in [1.165, 1.54) is 29.3 Å². The number of hydrogen-bond donors (Lipinski definition) is 0. The van der Waals surface area contributed by atoms with Crippen molar-refractivity contribution in [1.29, 1.82) is 0 Å². The molecule has 0 aliphatic carbocycles. The molecule has 0 radical (unpaired) electrons. The monoisotopic (exact) mass is 458 g/mol. The van der Waals surface area contributed by atoms with E-state index in [0.717, 1.165) is 5.69 Å². The predicted molar refractivity (Wildman–Crippen MR) is 119 cm³/mol. The first-order chi connectivity index (χ1) is 15.4. The van der Waals surface area contributed by atoms with Crippen LogP contribution in [0.15, 0.2) is 58.2 Å². The molecule has 4 rings (SSSR count). The molecule has 2 heterocycles. The summed E-state index contributed by atoms with van der Waals surface area (Å²) in [5.41, 5.74) is 0.527. The highest BCUT2D eigenvalue weighted by molar-refractivity contribution is 7.89. The Hall–Kier alpha value is -3.11. The summed E-state index contributed by atoms with van der Waals surface area (Å²) in [6.45, 7) is 0.625. The van der Waals surface area contributed by atoms with E-state index < -0.39 is 10.0 Å². The fraction of sp³-hybridized carbons (Fsp3) is 0.364. The molecule has 1 fully saturated rings. The molecule has 170 valence electrons. The molecule has 0 bridgehead atoms. The first kappa shape index (κ1) is 22.1. The van der Waals surface area contributed by atoms with Gasteiger partial charge < -0.3 is 9.47 Å². The Morgan fingerprint density at radius 1 is 1.00 bits per heavy atom. The molecule has 0 spiro atoms. The van der Waals surface area contributed by atoms with E-state index in [-0.39, 0.29) is 22.3 Å². The van der Waals surface area contributed by atoms with E-state index in [0.29, 0.717) is 37.5 Å². The van der Waals surface area contributed by atoms with Crippen LogP contribution < -0.4 is 15.2 Å². The van der Waals surface area contributed by atoms with Gasteiger partial charge in [0.1, 0.15) is 22.2 Å². The molecule has 3 aromatic rings. The van der Waals surface area contributed by atoms with Crippen LogP contribution in [0.5, 0.6) is 11.5 Å². The van der Waals surface area contributed by atoms with Gasteiger partial charge >= 0.3 is 5.69 Å². The van der Waals surface area contributed by atoms with Crippen LogP contribution in [0.25, 0.3) is 5.69 Å². The first-order valence-corrected chi connectivity index (χ1v) is 11.7. The number of ether oxygens (including phenoxy) is 2. The lowest BCUT2D eigenvalue weighted by atomic mass is 9.97. The molecule has 32 heavy (non-hydrogen) atoms. The molecule has 1 aliphatic rings. The Morgan fingerprint density at radius 2 is 1.69 bits per heavy atom. The summed E-state index contributed by atoms with van der Waals surface area (Å²) in [6.07, 6.45) is 1.10. The average Bonchev–Trinajstić information content (AvgIpc) is 3.13. The van der Waals surface area contributed by atoms with E-state index in [1.54, 1.807) is 23.7 Å². The van der Waals surface area contributed by atoms with Gasteiger partial charge in [-0.15, -0.1) is 0 Å². The fourth-order valence-electron chi connectivity index (χ4n) is 4.05. The maximum absolute atomic E-state index is 13.3. The second-order valence-electron chi connectivity index (χ2n) is 7.63. The molecule has 0 N–H and O–H groups in total. The minimum absolute atomic E-state index is 0.0391. The Bertz CT molecular complexity index is 1260. The van der Waals surface area contributed by atoms with E-state index in [9.17, 15) is 13.2 Å². The van der Waals surface area contributed by atoms with Crippen molar-refractivity contribution in [3.63, 3.8) is 0 Å². The summed E-state index contributed by atoms with van der Waals surface area (Å²) >= 11 is 0. The molecule has 0 saturated carbocycles. The molecule has 0 unspecified atom stereocenters. The maximum Gasteiger partial charge on any atom is 0.350 e. The van der Waals surface area contributed by atoms with Crippen LogP contribution in [0.1, 0.15) is 24.6 Å². The van der Waals surface area contributed by atoms with Crippen LogP contribution >= 0.6 is 0 Å². The second kappa shape index (κ2) is 8.79. The van der Waals surface area contributed by atoms with Crippen molar-refractivity contribution in [2.24, 2.45) is 7.05 Å². The van der Waals surface area contributed by atoms with Crippen molar-refractivity contribution in [2.45, 2.75) is 23.7 Å². The van der Waals surface area contributed by atoms with Gasteiger partial charge in [0.25, 0.3) is 0 Å². The van der Waals surface area contributed by atoms with Gasteiger partial charge in [-0.1, -0.05) is 18.2 Å². The highest BCUT2D eigenvalue weighted by atomic mass is 32.2. The lowest BCUT2D eigenvalue weighted by Crippen LogP contribution is -2.38. The summed E-state index contributed by atoms with van der Waals surface area (Å²) in [5.74, 6) is 1.33. The summed E-state index contributed by atoms with van der Waals surface area (Å²) in [5, 5.41) is 4.47. The summed E-state index contributed by atoms with van der Waals surface area (Å²) in [7, 11) is 0.781. The van der Waals surface area contributed by atoms with E-state index >= 15 is 0 Å². The van der Waals surface area contributed by atoms with Crippen LogP contribution in [0.4, 0.5) is 0 Å². The molecular formula is C22H26N4O5S. The number of sulfonamides is 1. The molecule has 0 amide bonds. The van der Waals surface area contributed by atoms with Crippen LogP contribution in [0.3, 0.4) is 0 Å². The SMILES string of the molecule is COc1ccc(OC)c(S(=O)(=O)N2CCC(c3nn(C)c(=O)n3-c3ccccc3)CC2)c1. The van der Waals surface area contributed by atoms with E-state index in [2.05, 4.69) is 5.10 Å². The zero-order chi connectivity index (χ0) is 22.9. The Labute approximate surface area is 186 Å². The van der Waals surface area contributed by atoms with Gasteiger partial charge in [-0.05, 0) is 37.1 Å². The third-order valence-electron chi connectivity index (χ3n) is 5.77. The average molecular weight is 459 g/mol. The maximum atomic E-state index is 13.3. The van der Waals surface area contributed by atoms with Crippen LogP contribution in [-0.2, 0) is 17.1 Å². The van der Waals surface area contributed by atoms with Gasteiger partial charge in [0.15, 0.2) is 0 Å². The van der Waals surface area contributed by atoms with Crippen molar-refractivity contribution in [3.8, 4) is 17.2 Å². The Balaban J connectivity index is 1.60. The number of para-hydroxylation sites is 1. The summed E-state index contributed by atoms with van der Waals surface area (Å²) in [4.78, 5) is 12.8. The Morgan fingerprint density at radius 3 is 2.31 bits per heavy atom. The molecular weight excluding hydrogens is 432 g/mol. The van der Waals surface area contributed by atoms with Gasteiger partial charge in [0.2, 0.25) is 10.0 Å². The smallest absolute Gasteiger partial charge is 0.350 e. The molecule has 1 aliphatic heterocycles. The minimum atomic E-state index is -3.77. The number of aromatic nitrogens is 3. The van der Waals surface area contributed by atoms with Crippen molar-refractivity contribution in [2.75, 3.05) is 27.3 Å². The minimum Gasteiger partial charge on any atom is -0.497 e.